The molecule has 1 aromatic carbocycles. The lowest BCUT2D eigenvalue weighted by molar-refractivity contribution is 0.00578. The van der Waals surface area contributed by atoms with Gasteiger partial charge in [-0.15, -0.1) is 0 Å². The third-order valence-corrected chi connectivity index (χ3v) is 7.42. The van der Waals surface area contributed by atoms with E-state index in [-0.39, 0.29) is 18.3 Å². The number of halogens is 3. The monoisotopic (exact) mass is 486 g/mol. The summed E-state index contributed by atoms with van der Waals surface area (Å²) in [5.74, 6) is 0. The van der Waals surface area contributed by atoms with Crippen LogP contribution in [-0.4, -0.2) is 18.3 Å². The summed E-state index contributed by atoms with van der Waals surface area (Å²) in [5.41, 5.74) is 0.389. The van der Waals surface area contributed by atoms with Gasteiger partial charge in [0.15, 0.2) is 0 Å². The standard InChI is InChI=1S/C12H14BBr2IO2/c1-11(2)12(3,4)18-13(17-11)7-5-6-8(16)10(15)9(7)14/h5-6H,1-4H3. The highest BCUT2D eigenvalue weighted by Crippen LogP contribution is 2.38. The molecule has 0 saturated carbocycles. The number of benzene rings is 1. The molecule has 0 unspecified atom stereocenters. The van der Waals surface area contributed by atoms with Gasteiger partial charge in [0.25, 0.3) is 0 Å². The van der Waals surface area contributed by atoms with Crippen molar-refractivity contribution in [3.8, 4) is 0 Å². The first-order valence-electron chi connectivity index (χ1n) is 5.65. The number of hydrogen-bond donors (Lipinski definition) is 0. The summed E-state index contributed by atoms with van der Waals surface area (Å²) < 4.78 is 15.3. The topological polar surface area (TPSA) is 18.5 Å². The predicted molar refractivity (Wildman–Crippen MR) is 90.3 cm³/mol. The summed E-state index contributed by atoms with van der Waals surface area (Å²) in [6.45, 7) is 8.23. The number of rotatable bonds is 1. The Morgan fingerprint density at radius 2 is 1.50 bits per heavy atom. The van der Waals surface area contributed by atoms with E-state index < -0.39 is 0 Å². The zero-order valence-corrected chi connectivity index (χ0v) is 16.0. The maximum atomic E-state index is 6.05. The molecule has 0 radical (unpaired) electrons. The highest BCUT2D eigenvalue weighted by molar-refractivity contribution is 14.1. The summed E-state index contributed by atoms with van der Waals surface area (Å²) in [6, 6.07) is 4.09. The van der Waals surface area contributed by atoms with E-state index in [1.807, 2.05) is 6.07 Å². The molecule has 1 aliphatic rings. The molecule has 98 valence electrons. The van der Waals surface area contributed by atoms with Gasteiger partial charge in [-0.2, -0.15) is 0 Å². The van der Waals surface area contributed by atoms with E-state index in [1.54, 1.807) is 0 Å². The molecule has 1 saturated heterocycles. The zero-order valence-electron chi connectivity index (χ0n) is 10.7. The minimum Gasteiger partial charge on any atom is -0.399 e. The van der Waals surface area contributed by atoms with Gasteiger partial charge in [0, 0.05) is 12.5 Å². The molecule has 0 N–H and O–H groups in total. The van der Waals surface area contributed by atoms with Crippen LogP contribution in [0.25, 0.3) is 0 Å². The van der Waals surface area contributed by atoms with Crippen LogP contribution in [0.5, 0.6) is 0 Å². The Balaban J connectivity index is 2.39. The fourth-order valence-electron chi connectivity index (χ4n) is 1.69. The first-order valence-corrected chi connectivity index (χ1v) is 8.31. The first kappa shape index (κ1) is 15.3. The lowest BCUT2D eigenvalue weighted by Crippen LogP contribution is -2.41. The summed E-state index contributed by atoms with van der Waals surface area (Å²) in [4.78, 5) is 0. The molecule has 0 spiro atoms. The molecule has 6 heteroatoms. The second-order valence-corrected chi connectivity index (χ2v) is 8.10. The fraction of sp³-hybridized carbons (Fsp3) is 0.500. The molecular weight excluding hydrogens is 474 g/mol. The lowest BCUT2D eigenvalue weighted by atomic mass is 9.79. The van der Waals surface area contributed by atoms with Crippen LogP contribution < -0.4 is 5.46 Å². The van der Waals surface area contributed by atoms with Gasteiger partial charge >= 0.3 is 7.12 Å². The maximum Gasteiger partial charge on any atom is 0.496 e. The summed E-state index contributed by atoms with van der Waals surface area (Å²) >= 11 is 9.46. The second kappa shape index (κ2) is 5.02. The Morgan fingerprint density at radius 1 is 1.00 bits per heavy atom. The van der Waals surface area contributed by atoms with Crippen LogP contribution in [0.2, 0.25) is 0 Å². The number of hydrogen-bond acceptors (Lipinski definition) is 2. The van der Waals surface area contributed by atoms with Gasteiger partial charge in [0.2, 0.25) is 0 Å². The van der Waals surface area contributed by atoms with E-state index in [2.05, 4.69) is 88.2 Å². The molecule has 0 bridgehead atoms. The van der Waals surface area contributed by atoms with Crippen molar-refractivity contribution in [3.63, 3.8) is 0 Å². The zero-order chi connectivity index (χ0) is 13.7. The molecular formula is C12H14BBr2IO2. The molecule has 1 heterocycles. The molecule has 18 heavy (non-hydrogen) atoms. The van der Waals surface area contributed by atoms with Gasteiger partial charge in [-0.3, -0.25) is 0 Å². The van der Waals surface area contributed by atoms with E-state index in [9.17, 15) is 0 Å². The van der Waals surface area contributed by atoms with E-state index in [1.165, 1.54) is 0 Å². The van der Waals surface area contributed by atoms with Gasteiger partial charge in [-0.05, 0) is 93.7 Å². The van der Waals surface area contributed by atoms with Gasteiger partial charge < -0.3 is 9.31 Å². The van der Waals surface area contributed by atoms with Crippen molar-refractivity contribution in [1.29, 1.82) is 0 Å². The molecule has 1 aromatic rings. The van der Waals surface area contributed by atoms with Crippen molar-refractivity contribution in [2.45, 2.75) is 38.9 Å². The normalized spacial score (nSPS) is 21.4. The van der Waals surface area contributed by atoms with E-state index >= 15 is 0 Å². The molecule has 0 amide bonds. The van der Waals surface area contributed by atoms with Crippen LogP contribution in [0.3, 0.4) is 0 Å². The maximum absolute atomic E-state index is 6.05. The van der Waals surface area contributed by atoms with E-state index in [0.717, 1.165) is 18.0 Å². The van der Waals surface area contributed by atoms with Crippen molar-refractivity contribution in [2.75, 3.05) is 0 Å². The van der Waals surface area contributed by atoms with Crippen LogP contribution in [0.15, 0.2) is 21.1 Å². The van der Waals surface area contributed by atoms with Crippen LogP contribution in [0, 0.1) is 3.57 Å². The molecule has 1 fully saturated rings. The Labute approximate surface area is 139 Å². The first-order chi connectivity index (χ1) is 8.16. The smallest absolute Gasteiger partial charge is 0.399 e. The average molecular weight is 488 g/mol. The van der Waals surface area contributed by atoms with Crippen LogP contribution in [0.1, 0.15) is 27.7 Å². The second-order valence-electron chi connectivity index (χ2n) is 5.35. The van der Waals surface area contributed by atoms with Gasteiger partial charge in [0.1, 0.15) is 0 Å². The average Bonchev–Trinajstić information content (AvgIpc) is 2.45. The predicted octanol–water partition coefficient (Wildman–Crippen LogP) is 4.12. The molecule has 1 aliphatic heterocycles. The molecule has 0 aliphatic carbocycles. The van der Waals surface area contributed by atoms with Crippen LogP contribution in [0.4, 0.5) is 0 Å². The highest BCUT2D eigenvalue weighted by atomic mass is 127. The van der Waals surface area contributed by atoms with Gasteiger partial charge in [0.05, 0.1) is 11.2 Å². The molecule has 0 atom stereocenters. The largest absolute Gasteiger partial charge is 0.496 e. The van der Waals surface area contributed by atoms with Crippen molar-refractivity contribution >= 4 is 67.0 Å². The highest BCUT2D eigenvalue weighted by Gasteiger charge is 2.52. The Morgan fingerprint density at radius 3 is 2.00 bits per heavy atom. The summed E-state index contributed by atoms with van der Waals surface area (Å²) in [5, 5.41) is 0. The van der Waals surface area contributed by atoms with Crippen LogP contribution in [-0.2, 0) is 9.31 Å². The third-order valence-electron chi connectivity index (χ3n) is 3.57. The quantitative estimate of drug-likeness (QED) is 0.337. The molecule has 0 aromatic heterocycles. The van der Waals surface area contributed by atoms with Crippen LogP contribution >= 0.6 is 54.5 Å². The van der Waals surface area contributed by atoms with Crippen molar-refractivity contribution in [2.24, 2.45) is 0 Å². The minimum atomic E-state index is -0.335. The van der Waals surface area contributed by atoms with Gasteiger partial charge in [-0.1, -0.05) is 6.07 Å². The fourth-order valence-corrected chi connectivity index (χ4v) is 3.41. The molecule has 2 nitrogen and oxygen atoms in total. The van der Waals surface area contributed by atoms with Crippen molar-refractivity contribution < 1.29 is 9.31 Å². The van der Waals surface area contributed by atoms with E-state index in [0.29, 0.717) is 0 Å². The van der Waals surface area contributed by atoms with Gasteiger partial charge in [-0.25, -0.2) is 0 Å². The summed E-state index contributed by atoms with van der Waals surface area (Å²) in [7, 11) is -0.335. The Kier molecular flexibility index (Phi) is 4.26. The molecule has 2 rings (SSSR count). The summed E-state index contributed by atoms with van der Waals surface area (Å²) in [6.07, 6.45) is 0. The Bertz CT molecular complexity index is 475. The lowest BCUT2D eigenvalue weighted by Gasteiger charge is -2.32. The Hall–Kier alpha value is 0.895. The van der Waals surface area contributed by atoms with Crippen molar-refractivity contribution in [1.82, 2.24) is 0 Å². The SMILES string of the molecule is CC1(C)OB(c2ccc(I)c(Br)c2Br)OC1(C)C. The minimum absolute atomic E-state index is 0.313. The van der Waals surface area contributed by atoms with E-state index in [4.69, 9.17) is 9.31 Å². The van der Waals surface area contributed by atoms with Crippen molar-refractivity contribution in [3.05, 3.63) is 24.6 Å². The third kappa shape index (κ3) is 2.55.